The summed E-state index contributed by atoms with van der Waals surface area (Å²) < 4.78 is 39.1. The topological polar surface area (TPSA) is 40.6 Å². The number of rotatable bonds is 5. The second kappa shape index (κ2) is 9.14. The highest BCUT2D eigenvalue weighted by molar-refractivity contribution is 8.00. The molecule has 1 fully saturated rings. The van der Waals surface area contributed by atoms with E-state index in [1.54, 1.807) is 21.9 Å². The van der Waals surface area contributed by atoms with Crippen molar-refractivity contribution in [2.24, 2.45) is 0 Å². The molecule has 1 aliphatic rings. The number of hydrogen-bond donors (Lipinski definition) is 0. The molecule has 0 aromatic heterocycles. The maximum absolute atomic E-state index is 13.2. The molecule has 0 unspecified atom stereocenters. The molecule has 148 valence electrons. The van der Waals surface area contributed by atoms with Gasteiger partial charge in [0.25, 0.3) is 0 Å². The van der Waals surface area contributed by atoms with Crippen molar-refractivity contribution in [2.45, 2.75) is 11.3 Å². The first-order valence-electron chi connectivity index (χ1n) is 8.80. The van der Waals surface area contributed by atoms with Gasteiger partial charge in [0.1, 0.15) is 5.82 Å². The van der Waals surface area contributed by atoms with Crippen LogP contribution in [0.1, 0.15) is 5.56 Å². The Bertz CT molecular complexity index is 853. The third kappa shape index (κ3) is 5.28. The van der Waals surface area contributed by atoms with E-state index in [1.165, 1.54) is 18.2 Å². The summed E-state index contributed by atoms with van der Waals surface area (Å²) in [6, 6.07) is 9.36. The summed E-state index contributed by atoms with van der Waals surface area (Å²) in [6.07, 6.45) is 0.195. The Balaban J connectivity index is 1.44. The molecule has 2 aromatic carbocycles. The maximum atomic E-state index is 13.2. The molecule has 0 radical (unpaired) electrons. The van der Waals surface area contributed by atoms with Crippen LogP contribution in [0.4, 0.5) is 13.2 Å². The molecule has 0 atom stereocenters. The fourth-order valence-corrected chi connectivity index (χ4v) is 3.72. The van der Waals surface area contributed by atoms with Gasteiger partial charge >= 0.3 is 0 Å². The van der Waals surface area contributed by atoms with Gasteiger partial charge in [-0.3, -0.25) is 9.59 Å². The summed E-state index contributed by atoms with van der Waals surface area (Å²) in [4.78, 5) is 28.5. The molecule has 3 rings (SSSR count). The van der Waals surface area contributed by atoms with E-state index in [2.05, 4.69) is 0 Å². The van der Waals surface area contributed by atoms with E-state index in [1.807, 2.05) is 0 Å². The Morgan fingerprint density at radius 3 is 2.04 bits per heavy atom. The van der Waals surface area contributed by atoms with Gasteiger partial charge in [-0.15, -0.1) is 11.8 Å². The van der Waals surface area contributed by atoms with Crippen molar-refractivity contribution in [3.63, 3.8) is 0 Å². The van der Waals surface area contributed by atoms with Crippen molar-refractivity contribution >= 4 is 23.6 Å². The van der Waals surface area contributed by atoms with E-state index in [9.17, 15) is 22.8 Å². The standard InChI is InChI=1S/C20H19F3N2O2S/c21-15-3-1-14(2-4-15)11-19(26)24-7-9-25(10-8-24)20(27)13-28-16-5-6-17(22)18(23)12-16/h1-6,12H,7-11,13H2. The molecule has 0 aliphatic carbocycles. The van der Waals surface area contributed by atoms with Gasteiger partial charge in [0, 0.05) is 31.1 Å². The zero-order valence-electron chi connectivity index (χ0n) is 15.0. The molecule has 1 aliphatic heterocycles. The number of benzene rings is 2. The molecule has 4 nitrogen and oxygen atoms in total. The summed E-state index contributed by atoms with van der Waals surface area (Å²) in [5, 5.41) is 0. The predicted molar refractivity (Wildman–Crippen MR) is 100 cm³/mol. The zero-order valence-corrected chi connectivity index (χ0v) is 15.9. The Kier molecular flexibility index (Phi) is 6.61. The highest BCUT2D eigenvalue weighted by Crippen LogP contribution is 2.21. The van der Waals surface area contributed by atoms with E-state index in [0.717, 1.165) is 29.5 Å². The van der Waals surface area contributed by atoms with Crippen molar-refractivity contribution in [1.29, 1.82) is 0 Å². The van der Waals surface area contributed by atoms with Crippen LogP contribution in [-0.2, 0) is 16.0 Å². The summed E-state index contributed by atoms with van der Waals surface area (Å²) in [5.41, 5.74) is 0.743. The molecule has 1 saturated heterocycles. The molecule has 2 amide bonds. The Labute approximate surface area is 165 Å². The van der Waals surface area contributed by atoms with Crippen LogP contribution >= 0.6 is 11.8 Å². The van der Waals surface area contributed by atoms with Crippen LogP contribution in [0.2, 0.25) is 0 Å². The third-order valence-corrected chi connectivity index (χ3v) is 5.49. The minimum absolute atomic E-state index is 0.0603. The van der Waals surface area contributed by atoms with E-state index in [-0.39, 0.29) is 29.8 Å². The summed E-state index contributed by atoms with van der Waals surface area (Å²) in [7, 11) is 0. The number of carbonyl (C=O) groups is 2. The van der Waals surface area contributed by atoms with E-state index in [0.29, 0.717) is 31.1 Å². The zero-order chi connectivity index (χ0) is 20.1. The van der Waals surface area contributed by atoms with Crippen LogP contribution in [-0.4, -0.2) is 53.5 Å². The van der Waals surface area contributed by atoms with Gasteiger partial charge < -0.3 is 9.80 Å². The van der Waals surface area contributed by atoms with Crippen molar-refractivity contribution in [3.05, 3.63) is 65.5 Å². The monoisotopic (exact) mass is 408 g/mol. The first kappa shape index (κ1) is 20.3. The van der Waals surface area contributed by atoms with Crippen molar-refractivity contribution in [1.82, 2.24) is 9.80 Å². The second-order valence-electron chi connectivity index (χ2n) is 6.43. The molecule has 8 heteroatoms. The lowest BCUT2D eigenvalue weighted by Crippen LogP contribution is -2.51. The number of halogens is 3. The van der Waals surface area contributed by atoms with Crippen molar-refractivity contribution < 1.29 is 22.8 Å². The minimum Gasteiger partial charge on any atom is -0.339 e. The maximum Gasteiger partial charge on any atom is 0.233 e. The first-order chi connectivity index (χ1) is 13.4. The highest BCUT2D eigenvalue weighted by atomic mass is 32.2. The molecular formula is C20H19F3N2O2S. The number of amides is 2. The molecule has 0 spiro atoms. The largest absolute Gasteiger partial charge is 0.339 e. The van der Waals surface area contributed by atoms with Gasteiger partial charge in [-0.25, -0.2) is 13.2 Å². The van der Waals surface area contributed by atoms with Crippen LogP contribution in [0.15, 0.2) is 47.4 Å². The fourth-order valence-electron chi connectivity index (χ4n) is 2.90. The average Bonchev–Trinajstić information content (AvgIpc) is 2.70. The van der Waals surface area contributed by atoms with Crippen LogP contribution in [0.5, 0.6) is 0 Å². The quantitative estimate of drug-likeness (QED) is 0.714. The minimum atomic E-state index is -0.939. The van der Waals surface area contributed by atoms with Gasteiger partial charge in [0.2, 0.25) is 11.8 Å². The Hall–Kier alpha value is -2.48. The van der Waals surface area contributed by atoms with Crippen molar-refractivity contribution in [2.75, 3.05) is 31.9 Å². The normalized spacial score (nSPS) is 14.2. The lowest BCUT2D eigenvalue weighted by molar-refractivity contribution is -0.137. The summed E-state index contributed by atoms with van der Waals surface area (Å²) in [5.74, 6) is -2.25. The van der Waals surface area contributed by atoms with Gasteiger partial charge in [-0.2, -0.15) is 0 Å². The number of nitrogens with zero attached hydrogens (tertiary/aromatic N) is 2. The van der Waals surface area contributed by atoms with Gasteiger partial charge in [-0.1, -0.05) is 12.1 Å². The third-order valence-electron chi connectivity index (χ3n) is 4.51. The van der Waals surface area contributed by atoms with Gasteiger partial charge in [0.05, 0.1) is 12.2 Å². The first-order valence-corrected chi connectivity index (χ1v) is 9.79. The SMILES string of the molecule is O=C(CSc1ccc(F)c(F)c1)N1CCN(C(=O)Cc2ccc(F)cc2)CC1. The van der Waals surface area contributed by atoms with Gasteiger partial charge in [0.15, 0.2) is 11.6 Å². The Morgan fingerprint density at radius 2 is 1.43 bits per heavy atom. The lowest BCUT2D eigenvalue weighted by Gasteiger charge is -2.34. The number of thioether (sulfide) groups is 1. The molecule has 28 heavy (non-hydrogen) atoms. The van der Waals surface area contributed by atoms with E-state index >= 15 is 0 Å². The molecule has 1 heterocycles. The van der Waals surface area contributed by atoms with Crippen LogP contribution < -0.4 is 0 Å². The highest BCUT2D eigenvalue weighted by Gasteiger charge is 2.24. The van der Waals surface area contributed by atoms with Crippen LogP contribution in [0, 0.1) is 17.5 Å². The number of hydrogen-bond acceptors (Lipinski definition) is 3. The summed E-state index contributed by atoms with van der Waals surface area (Å²) >= 11 is 1.15. The molecule has 0 saturated carbocycles. The van der Waals surface area contributed by atoms with Crippen molar-refractivity contribution in [3.8, 4) is 0 Å². The van der Waals surface area contributed by atoms with E-state index < -0.39 is 11.6 Å². The molecular weight excluding hydrogens is 389 g/mol. The van der Waals surface area contributed by atoms with Gasteiger partial charge in [-0.05, 0) is 35.9 Å². The second-order valence-corrected chi connectivity index (χ2v) is 7.48. The number of piperazine rings is 1. The average molecular weight is 408 g/mol. The molecule has 0 bridgehead atoms. The fraction of sp³-hybridized carbons (Fsp3) is 0.300. The molecule has 2 aromatic rings. The predicted octanol–water partition coefficient (Wildman–Crippen LogP) is 3.11. The smallest absolute Gasteiger partial charge is 0.233 e. The van der Waals surface area contributed by atoms with Crippen LogP contribution in [0.25, 0.3) is 0 Å². The number of carbonyl (C=O) groups excluding carboxylic acids is 2. The Morgan fingerprint density at radius 1 is 0.821 bits per heavy atom. The van der Waals surface area contributed by atoms with E-state index in [4.69, 9.17) is 0 Å². The summed E-state index contributed by atoms with van der Waals surface area (Å²) in [6.45, 7) is 1.71. The molecule has 0 N–H and O–H groups in total. The van der Waals surface area contributed by atoms with Crippen LogP contribution in [0.3, 0.4) is 0 Å². The lowest BCUT2D eigenvalue weighted by atomic mass is 10.1.